The largest absolute Gasteiger partial charge is 0.493 e. The first-order chi connectivity index (χ1) is 9.72. The topological polar surface area (TPSA) is 33.7 Å². The third-order valence-electron chi connectivity index (χ3n) is 4.76. The number of hydrogen-bond donors (Lipinski definition) is 1. The van der Waals surface area contributed by atoms with E-state index in [1.165, 1.54) is 37.1 Å². The lowest BCUT2D eigenvalue weighted by atomic mass is 9.92. The molecule has 2 aliphatic heterocycles. The van der Waals surface area contributed by atoms with E-state index in [2.05, 4.69) is 29.4 Å². The molecule has 3 rings (SSSR count). The second-order valence-electron chi connectivity index (χ2n) is 5.88. The van der Waals surface area contributed by atoms with Gasteiger partial charge in [-0.2, -0.15) is 0 Å². The van der Waals surface area contributed by atoms with Crippen LogP contribution in [0, 0.1) is 0 Å². The quantitative estimate of drug-likeness (QED) is 0.917. The number of methoxy groups -OCH3 is 2. The van der Waals surface area contributed by atoms with Crippen LogP contribution in [0.2, 0.25) is 0 Å². The maximum atomic E-state index is 5.44. The normalized spacial score (nSPS) is 25.4. The first-order valence-corrected chi connectivity index (χ1v) is 7.43. The molecular formula is C16H24N2O2. The van der Waals surface area contributed by atoms with Crippen molar-refractivity contribution in [3.05, 3.63) is 17.7 Å². The molecule has 1 saturated heterocycles. The van der Waals surface area contributed by atoms with Crippen LogP contribution in [0.25, 0.3) is 0 Å². The van der Waals surface area contributed by atoms with E-state index in [-0.39, 0.29) is 0 Å². The Balaban J connectivity index is 1.82. The van der Waals surface area contributed by atoms with Crippen LogP contribution in [-0.2, 0) is 0 Å². The van der Waals surface area contributed by atoms with E-state index in [9.17, 15) is 0 Å². The van der Waals surface area contributed by atoms with Gasteiger partial charge in [0.05, 0.1) is 14.2 Å². The van der Waals surface area contributed by atoms with Crippen LogP contribution in [-0.4, -0.2) is 45.3 Å². The van der Waals surface area contributed by atoms with Crippen molar-refractivity contribution >= 4 is 5.69 Å². The monoisotopic (exact) mass is 276 g/mol. The Bertz CT molecular complexity index is 490. The van der Waals surface area contributed by atoms with Gasteiger partial charge < -0.3 is 19.7 Å². The first kappa shape index (κ1) is 13.6. The second-order valence-corrected chi connectivity index (χ2v) is 5.88. The predicted molar refractivity (Wildman–Crippen MR) is 81.0 cm³/mol. The molecule has 0 spiro atoms. The standard InChI is InChI=1S/C16H24N2O2/c1-18-6-4-5-12(18)7-11-10-17-14-9-16(20-3)15(19-2)8-13(11)14/h8-9,11-12,17H,4-7,10H2,1-3H3. The van der Waals surface area contributed by atoms with Crippen molar-refractivity contribution in [3.8, 4) is 11.5 Å². The lowest BCUT2D eigenvalue weighted by Crippen LogP contribution is -2.27. The molecule has 2 unspecified atom stereocenters. The third kappa shape index (κ3) is 2.33. The summed E-state index contributed by atoms with van der Waals surface area (Å²) in [5.74, 6) is 2.22. The van der Waals surface area contributed by atoms with E-state index in [0.29, 0.717) is 5.92 Å². The summed E-state index contributed by atoms with van der Waals surface area (Å²) in [6.07, 6.45) is 3.89. The highest BCUT2D eigenvalue weighted by atomic mass is 16.5. The number of nitrogens with one attached hydrogen (secondary N) is 1. The van der Waals surface area contributed by atoms with Gasteiger partial charge in [0.25, 0.3) is 0 Å². The van der Waals surface area contributed by atoms with Crippen LogP contribution in [0.1, 0.15) is 30.7 Å². The molecule has 0 aliphatic carbocycles. The Morgan fingerprint density at radius 3 is 2.65 bits per heavy atom. The van der Waals surface area contributed by atoms with Gasteiger partial charge in [0.1, 0.15) is 0 Å². The van der Waals surface area contributed by atoms with Crippen LogP contribution < -0.4 is 14.8 Å². The molecule has 1 aromatic rings. The van der Waals surface area contributed by atoms with Crippen LogP contribution in [0.3, 0.4) is 0 Å². The van der Waals surface area contributed by atoms with Crippen molar-refractivity contribution in [1.82, 2.24) is 4.90 Å². The van der Waals surface area contributed by atoms with Crippen LogP contribution in [0.4, 0.5) is 5.69 Å². The zero-order valence-corrected chi connectivity index (χ0v) is 12.6. The molecule has 1 N–H and O–H groups in total. The van der Waals surface area contributed by atoms with E-state index in [0.717, 1.165) is 24.1 Å². The summed E-state index contributed by atoms with van der Waals surface area (Å²) in [6, 6.07) is 4.93. The van der Waals surface area contributed by atoms with E-state index in [4.69, 9.17) is 9.47 Å². The molecular weight excluding hydrogens is 252 g/mol. The minimum absolute atomic E-state index is 0.579. The number of anilines is 1. The number of benzene rings is 1. The van der Waals surface area contributed by atoms with Gasteiger partial charge in [0, 0.05) is 30.3 Å². The Kier molecular flexibility index (Phi) is 3.74. The predicted octanol–water partition coefficient (Wildman–Crippen LogP) is 2.70. The van der Waals surface area contributed by atoms with Crippen molar-refractivity contribution in [2.45, 2.75) is 31.2 Å². The van der Waals surface area contributed by atoms with Gasteiger partial charge in [0.2, 0.25) is 0 Å². The molecule has 20 heavy (non-hydrogen) atoms. The van der Waals surface area contributed by atoms with Crippen LogP contribution in [0.15, 0.2) is 12.1 Å². The van der Waals surface area contributed by atoms with Crippen molar-refractivity contribution in [1.29, 1.82) is 0 Å². The molecule has 2 heterocycles. The van der Waals surface area contributed by atoms with Crippen molar-refractivity contribution in [2.75, 3.05) is 39.7 Å². The Hall–Kier alpha value is -1.42. The average Bonchev–Trinajstić information content (AvgIpc) is 3.05. The summed E-state index contributed by atoms with van der Waals surface area (Å²) < 4.78 is 10.8. The van der Waals surface area contributed by atoms with Gasteiger partial charge in [-0.05, 0) is 44.5 Å². The average molecular weight is 276 g/mol. The zero-order valence-electron chi connectivity index (χ0n) is 12.6. The van der Waals surface area contributed by atoms with E-state index < -0.39 is 0 Å². The fourth-order valence-electron chi connectivity index (χ4n) is 3.54. The first-order valence-electron chi connectivity index (χ1n) is 7.43. The van der Waals surface area contributed by atoms with Gasteiger partial charge >= 0.3 is 0 Å². The molecule has 4 heteroatoms. The molecule has 2 atom stereocenters. The van der Waals surface area contributed by atoms with Crippen molar-refractivity contribution in [3.63, 3.8) is 0 Å². The van der Waals surface area contributed by atoms with Gasteiger partial charge in [-0.25, -0.2) is 0 Å². The van der Waals surface area contributed by atoms with Gasteiger partial charge in [-0.15, -0.1) is 0 Å². The van der Waals surface area contributed by atoms with E-state index in [1.54, 1.807) is 14.2 Å². The minimum atomic E-state index is 0.579. The summed E-state index contributed by atoms with van der Waals surface area (Å²) in [7, 11) is 5.63. The van der Waals surface area contributed by atoms with E-state index >= 15 is 0 Å². The number of fused-ring (bicyclic) bond motifs is 1. The highest BCUT2D eigenvalue weighted by Crippen LogP contribution is 2.42. The molecule has 0 saturated carbocycles. The second kappa shape index (κ2) is 5.52. The molecule has 2 aliphatic rings. The third-order valence-corrected chi connectivity index (χ3v) is 4.76. The number of hydrogen-bond acceptors (Lipinski definition) is 4. The van der Waals surface area contributed by atoms with Gasteiger partial charge in [-0.1, -0.05) is 0 Å². The molecule has 0 bridgehead atoms. The van der Waals surface area contributed by atoms with Crippen LogP contribution in [0.5, 0.6) is 11.5 Å². The fraction of sp³-hybridized carbons (Fsp3) is 0.625. The van der Waals surface area contributed by atoms with Crippen LogP contribution >= 0.6 is 0 Å². The summed E-state index contributed by atoms with van der Waals surface area (Å²) in [4.78, 5) is 2.50. The highest BCUT2D eigenvalue weighted by Gasteiger charge is 2.30. The van der Waals surface area contributed by atoms with Gasteiger partial charge in [-0.3, -0.25) is 0 Å². The lowest BCUT2D eigenvalue weighted by molar-refractivity contribution is 0.285. The minimum Gasteiger partial charge on any atom is -0.493 e. The SMILES string of the molecule is COc1cc2c(cc1OC)C(CC1CCCN1C)CN2. The number of nitrogens with zero attached hydrogens (tertiary/aromatic N) is 1. The number of likely N-dealkylation sites (tertiary alicyclic amines) is 1. The van der Waals surface area contributed by atoms with Crippen molar-refractivity contribution < 1.29 is 9.47 Å². The zero-order chi connectivity index (χ0) is 14.1. The number of rotatable bonds is 4. The Labute approximate surface area is 121 Å². The maximum absolute atomic E-state index is 5.44. The highest BCUT2D eigenvalue weighted by molar-refractivity contribution is 5.65. The molecule has 0 aromatic heterocycles. The maximum Gasteiger partial charge on any atom is 0.162 e. The smallest absolute Gasteiger partial charge is 0.162 e. The molecule has 1 aromatic carbocycles. The summed E-state index contributed by atoms with van der Waals surface area (Å²) in [5, 5.41) is 3.51. The molecule has 4 nitrogen and oxygen atoms in total. The number of ether oxygens (including phenoxy) is 2. The molecule has 110 valence electrons. The Morgan fingerprint density at radius 2 is 2.00 bits per heavy atom. The Morgan fingerprint density at radius 1 is 1.25 bits per heavy atom. The van der Waals surface area contributed by atoms with Crippen molar-refractivity contribution in [2.24, 2.45) is 0 Å². The van der Waals surface area contributed by atoms with E-state index in [1.807, 2.05) is 0 Å². The molecule has 0 radical (unpaired) electrons. The fourth-order valence-corrected chi connectivity index (χ4v) is 3.54. The molecule has 1 fully saturated rings. The summed E-state index contributed by atoms with van der Waals surface area (Å²) >= 11 is 0. The summed E-state index contributed by atoms with van der Waals surface area (Å²) in [6.45, 7) is 2.26. The van der Waals surface area contributed by atoms with Gasteiger partial charge in [0.15, 0.2) is 11.5 Å². The lowest BCUT2D eigenvalue weighted by Gasteiger charge is -2.23. The summed E-state index contributed by atoms with van der Waals surface area (Å²) in [5.41, 5.74) is 2.58. The molecule has 0 amide bonds.